The van der Waals surface area contributed by atoms with Crippen molar-refractivity contribution in [1.82, 2.24) is 4.90 Å². The lowest BCUT2D eigenvalue weighted by atomic mass is 10.1. The number of rotatable bonds is 8. The number of esters is 1. The van der Waals surface area contributed by atoms with Crippen LogP contribution < -0.4 is 4.74 Å². The third-order valence-electron chi connectivity index (χ3n) is 4.70. The first-order valence-corrected chi connectivity index (χ1v) is 9.17. The van der Waals surface area contributed by atoms with E-state index in [9.17, 15) is 9.59 Å². The molecule has 1 saturated carbocycles. The van der Waals surface area contributed by atoms with Crippen LogP contribution in [0.5, 0.6) is 5.75 Å². The van der Waals surface area contributed by atoms with Gasteiger partial charge in [0, 0.05) is 12.6 Å². The zero-order chi connectivity index (χ0) is 18.2. The lowest BCUT2D eigenvalue weighted by Crippen LogP contribution is -2.43. The topological polar surface area (TPSA) is 55.8 Å². The Morgan fingerprint density at radius 3 is 2.40 bits per heavy atom. The van der Waals surface area contributed by atoms with Gasteiger partial charge in [0.15, 0.2) is 6.61 Å². The van der Waals surface area contributed by atoms with Gasteiger partial charge in [0.2, 0.25) is 0 Å². The SMILES string of the molecule is CCOC(=O)CCN(C(=O)COc1c(C)cccc1C)C1CCCC1. The smallest absolute Gasteiger partial charge is 0.307 e. The van der Waals surface area contributed by atoms with Crippen LogP contribution in [0, 0.1) is 13.8 Å². The monoisotopic (exact) mass is 347 g/mol. The molecule has 1 amide bonds. The summed E-state index contributed by atoms with van der Waals surface area (Å²) in [5.41, 5.74) is 2.04. The molecule has 0 N–H and O–H groups in total. The number of carbonyl (C=O) groups is 2. The molecule has 0 unspecified atom stereocenters. The number of aryl methyl sites for hydroxylation is 2. The number of benzene rings is 1. The third kappa shape index (κ3) is 5.48. The first-order valence-electron chi connectivity index (χ1n) is 9.17. The minimum absolute atomic E-state index is 0.00498. The van der Waals surface area contributed by atoms with Crippen LogP contribution in [0.25, 0.3) is 0 Å². The van der Waals surface area contributed by atoms with E-state index in [1.807, 2.05) is 36.9 Å². The average Bonchev–Trinajstić information content (AvgIpc) is 3.09. The minimum atomic E-state index is -0.256. The molecule has 0 heterocycles. The van der Waals surface area contributed by atoms with Gasteiger partial charge < -0.3 is 14.4 Å². The zero-order valence-corrected chi connectivity index (χ0v) is 15.5. The van der Waals surface area contributed by atoms with Crippen LogP contribution in [0.4, 0.5) is 0 Å². The van der Waals surface area contributed by atoms with Gasteiger partial charge in [0.25, 0.3) is 5.91 Å². The van der Waals surface area contributed by atoms with Crippen molar-refractivity contribution in [1.29, 1.82) is 0 Å². The summed E-state index contributed by atoms with van der Waals surface area (Å²) in [6, 6.07) is 6.14. The highest BCUT2D eigenvalue weighted by Gasteiger charge is 2.27. The lowest BCUT2D eigenvalue weighted by Gasteiger charge is -2.29. The van der Waals surface area contributed by atoms with Crippen LogP contribution in [0.1, 0.15) is 50.2 Å². The zero-order valence-electron chi connectivity index (χ0n) is 15.5. The van der Waals surface area contributed by atoms with E-state index in [1.165, 1.54) is 0 Å². The van der Waals surface area contributed by atoms with Gasteiger partial charge in [-0.25, -0.2) is 0 Å². The standard InChI is InChI=1S/C20H29NO4/c1-4-24-19(23)12-13-21(17-10-5-6-11-17)18(22)14-25-20-15(2)8-7-9-16(20)3/h7-9,17H,4-6,10-14H2,1-3H3. The maximum Gasteiger partial charge on any atom is 0.307 e. The van der Waals surface area contributed by atoms with E-state index in [0.717, 1.165) is 42.6 Å². The second kappa shape index (κ2) is 9.44. The van der Waals surface area contributed by atoms with Crippen molar-refractivity contribution < 1.29 is 19.1 Å². The summed E-state index contributed by atoms with van der Waals surface area (Å²) in [5.74, 6) is 0.459. The summed E-state index contributed by atoms with van der Waals surface area (Å²) in [6.07, 6.45) is 4.49. The molecule has 138 valence electrons. The molecule has 0 aliphatic heterocycles. The summed E-state index contributed by atoms with van der Waals surface area (Å²) in [6.45, 7) is 6.51. The van der Waals surface area contributed by atoms with Crippen LogP contribution in [0.2, 0.25) is 0 Å². The maximum atomic E-state index is 12.7. The van der Waals surface area contributed by atoms with Crippen molar-refractivity contribution in [3.8, 4) is 5.75 Å². The first kappa shape index (κ1) is 19.3. The quantitative estimate of drug-likeness (QED) is 0.676. The highest BCUT2D eigenvalue weighted by atomic mass is 16.5. The molecule has 0 atom stereocenters. The summed E-state index contributed by atoms with van der Waals surface area (Å²) in [4.78, 5) is 26.2. The Balaban J connectivity index is 1.98. The van der Waals surface area contributed by atoms with Gasteiger partial charge in [0.1, 0.15) is 5.75 Å². The molecule has 0 saturated heterocycles. The van der Waals surface area contributed by atoms with Crippen LogP contribution in [-0.4, -0.2) is 42.6 Å². The highest BCUT2D eigenvalue weighted by molar-refractivity contribution is 5.79. The minimum Gasteiger partial charge on any atom is -0.483 e. The van der Waals surface area contributed by atoms with Gasteiger partial charge in [-0.1, -0.05) is 31.0 Å². The molecule has 1 aliphatic carbocycles. The molecule has 0 spiro atoms. The second-order valence-corrected chi connectivity index (χ2v) is 6.59. The first-order chi connectivity index (χ1) is 12.0. The van der Waals surface area contributed by atoms with E-state index in [2.05, 4.69) is 0 Å². The summed E-state index contributed by atoms with van der Waals surface area (Å²) >= 11 is 0. The predicted molar refractivity (Wildman–Crippen MR) is 96.6 cm³/mol. The van der Waals surface area contributed by atoms with Gasteiger partial charge in [-0.3, -0.25) is 9.59 Å². The van der Waals surface area contributed by atoms with Crippen molar-refractivity contribution >= 4 is 11.9 Å². The molecule has 5 nitrogen and oxygen atoms in total. The van der Waals surface area contributed by atoms with E-state index in [4.69, 9.17) is 9.47 Å². The Bertz CT molecular complexity index is 573. The molecular weight excluding hydrogens is 318 g/mol. The van der Waals surface area contributed by atoms with Crippen LogP contribution in [0.3, 0.4) is 0 Å². The number of amides is 1. The summed E-state index contributed by atoms with van der Waals surface area (Å²) < 4.78 is 10.8. The molecule has 1 aromatic carbocycles. The maximum absolute atomic E-state index is 12.7. The fourth-order valence-corrected chi connectivity index (χ4v) is 3.42. The normalized spacial score (nSPS) is 14.4. The summed E-state index contributed by atoms with van der Waals surface area (Å²) in [7, 11) is 0. The van der Waals surface area contributed by atoms with E-state index in [1.54, 1.807) is 6.92 Å². The lowest BCUT2D eigenvalue weighted by molar-refractivity contribution is -0.144. The molecule has 0 radical (unpaired) electrons. The van der Waals surface area contributed by atoms with Crippen LogP contribution in [0.15, 0.2) is 18.2 Å². The second-order valence-electron chi connectivity index (χ2n) is 6.59. The van der Waals surface area contributed by atoms with E-state index in [-0.39, 0.29) is 30.9 Å². The van der Waals surface area contributed by atoms with Gasteiger partial charge >= 0.3 is 5.97 Å². The molecule has 0 bridgehead atoms. The Morgan fingerprint density at radius 2 is 1.80 bits per heavy atom. The molecule has 1 aliphatic rings. The molecule has 2 rings (SSSR count). The van der Waals surface area contributed by atoms with Gasteiger partial charge in [0.05, 0.1) is 13.0 Å². The third-order valence-corrected chi connectivity index (χ3v) is 4.70. The van der Waals surface area contributed by atoms with Gasteiger partial charge in [-0.15, -0.1) is 0 Å². The molecule has 25 heavy (non-hydrogen) atoms. The van der Waals surface area contributed by atoms with Crippen molar-refractivity contribution in [3.05, 3.63) is 29.3 Å². The molecular formula is C20H29NO4. The fraction of sp³-hybridized carbons (Fsp3) is 0.600. The molecule has 1 fully saturated rings. The number of hydrogen-bond acceptors (Lipinski definition) is 4. The number of nitrogens with zero attached hydrogens (tertiary/aromatic N) is 1. The Morgan fingerprint density at radius 1 is 1.16 bits per heavy atom. The highest BCUT2D eigenvalue weighted by Crippen LogP contribution is 2.25. The van der Waals surface area contributed by atoms with E-state index < -0.39 is 0 Å². The molecule has 5 heteroatoms. The predicted octanol–water partition coefficient (Wildman–Crippen LogP) is 3.41. The fourth-order valence-electron chi connectivity index (χ4n) is 3.42. The number of carbonyl (C=O) groups excluding carboxylic acids is 2. The average molecular weight is 347 g/mol. The Kier molecular flexibility index (Phi) is 7.29. The van der Waals surface area contributed by atoms with Crippen molar-refractivity contribution in [2.24, 2.45) is 0 Å². The Hall–Kier alpha value is -2.04. The van der Waals surface area contributed by atoms with Gasteiger partial charge in [-0.2, -0.15) is 0 Å². The molecule has 1 aromatic rings. The number of ether oxygens (including phenoxy) is 2. The van der Waals surface area contributed by atoms with Crippen molar-refractivity contribution in [2.45, 2.75) is 58.9 Å². The molecule has 0 aromatic heterocycles. The van der Waals surface area contributed by atoms with Crippen LogP contribution >= 0.6 is 0 Å². The number of hydrogen-bond donors (Lipinski definition) is 0. The van der Waals surface area contributed by atoms with Crippen molar-refractivity contribution in [3.63, 3.8) is 0 Å². The van der Waals surface area contributed by atoms with Crippen molar-refractivity contribution in [2.75, 3.05) is 19.8 Å². The number of para-hydroxylation sites is 1. The van der Waals surface area contributed by atoms with Gasteiger partial charge in [-0.05, 0) is 44.7 Å². The van der Waals surface area contributed by atoms with E-state index in [0.29, 0.717) is 13.2 Å². The summed E-state index contributed by atoms with van der Waals surface area (Å²) in [5, 5.41) is 0. The largest absolute Gasteiger partial charge is 0.483 e. The Labute approximate surface area is 150 Å². The van der Waals surface area contributed by atoms with Crippen LogP contribution in [-0.2, 0) is 14.3 Å². The van der Waals surface area contributed by atoms with E-state index >= 15 is 0 Å².